The Kier molecular flexibility index (Phi) is 4.88. The Balaban J connectivity index is 1.60. The van der Waals surface area contributed by atoms with Gasteiger partial charge in [0.05, 0.1) is 20.1 Å². The van der Waals surface area contributed by atoms with Crippen molar-refractivity contribution < 1.29 is 24.2 Å². The highest BCUT2D eigenvalue weighted by atomic mass is 16.5. The quantitative estimate of drug-likeness (QED) is 0.841. The highest BCUT2D eigenvalue weighted by Crippen LogP contribution is 2.26. The SMILES string of the molecule is COc1ccc(CNC(=O)Cc2ccc3c(c2)CCO3)cc1C(=O)O. The number of carbonyl (C=O) groups excluding carboxylic acids is 1. The lowest BCUT2D eigenvalue weighted by molar-refractivity contribution is -0.120. The smallest absolute Gasteiger partial charge is 0.339 e. The predicted octanol–water partition coefficient (Wildman–Crippen LogP) is 2.19. The van der Waals surface area contributed by atoms with Gasteiger partial charge in [-0.1, -0.05) is 18.2 Å². The molecule has 1 amide bonds. The second kappa shape index (κ2) is 7.25. The lowest BCUT2D eigenvalue weighted by Crippen LogP contribution is -2.24. The summed E-state index contributed by atoms with van der Waals surface area (Å²) >= 11 is 0. The lowest BCUT2D eigenvalue weighted by Gasteiger charge is -2.09. The fourth-order valence-corrected chi connectivity index (χ4v) is 2.83. The van der Waals surface area contributed by atoms with Crippen LogP contribution in [0.4, 0.5) is 0 Å². The first-order valence-electron chi connectivity index (χ1n) is 7.98. The summed E-state index contributed by atoms with van der Waals surface area (Å²) in [6, 6.07) is 10.6. The Morgan fingerprint density at radius 3 is 2.76 bits per heavy atom. The topological polar surface area (TPSA) is 84.9 Å². The van der Waals surface area contributed by atoms with Crippen LogP contribution in [0.1, 0.15) is 27.0 Å². The molecule has 2 N–H and O–H groups in total. The standard InChI is InChI=1S/C19H19NO5/c1-24-17-5-3-13(9-15(17)19(22)23)11-20-18(21)10-12-2-4-16-14(8-12)6-7-25-16/h2-5,8-9H,6-7,10-11H2,1H3,(H,20,21)(H,22,23). The van der Waals surface area contributed by atoms with Crippen LogP contribution in [0, 0.1) is 0 Å². The normalized spacial score (nSPS) is 12.2. The van der Waals surface area contributed by atoms with Gasteiger partial charge in [-0.3, -0.25) is 4.79 Å². The second-order valence-electron chi connectivity index (χ2n) is 5.83. The van der Waals surface area contributed by atoms with E-state index in [2.05, 4.69) is 5.32 Å². The Labute approximate surface area is 145 Å². The van der Waals surface area contributed by atoms with Gasteiger partial charge < -0.3 is 19.9 Å². The van der Waals surface area contributed by atoms with Crippen LogP contribution in [0.2, 0.25) is 0 Å². The molecule has 0 saturated carbocycles. The molecule has 0 bridgehead atoms. The van der Waals surface area contributed by atoms with Crippen molar-refractivity contribution in [2.75, 3.05) is 13.7 Å². The number of hydrogen-bond acceptors (Lipinski definition) is 4. The maximum Gasteiger partial charge on any atom is 0.339 e. The highest BCUT2D eigenvalue weighted by molar-refractivity contribution is 5.91. The average molecular weight is 341 g/mol. The number of ether oxygens (including phenoxy) is 2. The van der Waals surface area contributed by atoms with Gasteiger partial charge in [0, 0.05) is 13.0 Å². The molecule has 2 aromatic carbocycles. The summed E-state index contributed by atoms with van der Waals surface area (Å²) in [5.41, 5.74) is 2.84. The number of carboxylic acid groups (broad SMARTS) is 1. The third-order valence-electron chi connectivity index (χ3n) is 4.10. The summed E-state index contributed by atoms with van der Waals surface area (Å²) in [7, 11) is 1.42. The van der Waals surface area contributed by atoms with Crippen molar-refractivity contribution in [2.24, 2.45) is 0 Å². The van der Waals surface area contributed by atoms with E-state index in [0.717, 1.165) is 23.3 Å². The molecule has 1 heterocycles. The molecule has 25 heavy (non-hydrogen) atoms. The van der Waals surface area contributed by atoms with E-state index in [1.165, 1.54) is 13.2 Å². The molecule has 0 atom stereocenters. The summed E-state index contributed by atoms with van der Waals surface area (Å²) in [6.45, 7) is 0.950. The summed E-state index contributed by atoms with van der Waals surface area (Å²) in [5, 5.41) is 12.0. The Bertz CT molecular complexity index is 815. The van der Waals surface area contributed by atoms with E-state index in [1.807, 2.05) is 18.2 Å². The zero-order valence-electron chi connectivity index (χ0n) is 13.9. The summed E-state index contributed by atoms with van der Waals surface area (Å²) in [4.78, 5) is 23.4. The van der Waals surface area contributed by atoms with Gasteiger partial charge >= 0.3 is 5.97 Å². The van der Waals surface area contributed by atoms with Crippen molar-refractivity contribution in [3.8, 4) is 11.5 Å². The number of hydrogen-bond donors (Lipinski definition) is 2. The van der Waals surface area contributed by atoms with Gasteiger partial charge in [0.25, 0.3) is 0 Å². The minimum atomic E-state index is -1.06. The molecule has 0 fully saturated rings. The van der Waals surface area contributed by atoms with Crippen LogP contribution in [0.5, 0.6) is 11.5 Å². The molecule has 3 rings (SSSR count). The van der Waals surface area contributed by atoms with Crippen molar-refractivity contribution in [2.45, 2.75) is 19.4 Å². The molecule has 2 aromatic rings. The summed E-state index contributed by atoms with van der Waals surface area (Å²) < 4.78 is 10.5. The van der Waals surface area contributed by atoms with Gasteiger partial charge in [-0.05, 0) is 34.9 Å². The van der Waals surface area contributed by atoms with Gasteiger partial charge in [0.15, 0.2) is 0 Å². The average Bonchev–Trinajstić information content (AvgIpc) is 3.07. The molecule has 6 heteroatoms. The largest absolute Gasteiger partial charge is 0.496 e. The number of rotatable bonds is 6. The first kappa shape index (κ1) is 16.8. The van der Waals surface area contributed by atoms with Crippen molar-refractivity contribution in [1.29, 1.82) is 0 Å². The number of benzene rings is 2. The van der Waals surface area contributed by atoms with E-state index in [0.29, 0.717) is 17.9 Å². The number of aromatic carboxylic acids is 1. The van der Waals surface area contributed by atoms with Crippen LogP contribution in [-0.4, -0.2) is 30.7 Å². The number of nitrogens with one attached hydrogen (secondary N) is 1. The maximum absolute atomic E-state index is 12.1. The fourth-order valence-electron chi connectivity index (χ4n) is 2.83. The van der Waals surface area contributed by atoms with Gasteiger partial charge in [-0.2, -0.15) is 0 Å². The number of amides is 1. The van der Waals surface area contributed by atoms with E-state index >= 15 is 0 Å². The van der Waals surface area contributed by atoms with Crippen LogP contribution in [0.3, 0.4) is 0 Å². The first-order chi connectivity index (χ1) is 12.1. The first-order valence-corrected chi connectivity index (χ1v) is 7.98. The molecular formula is C19H19NO5. The van der Waals surface area contributed by atoms with Crippen molar-refractivity contribution in [3.05, 3.63) is 58.7 Å². The maximum atomic E-state index is 12.1. The summed E-state index contributed by atoms with van der Waals surface area (Å²) in [6.07, 6.45) is 1.14. The van der Waals surface area contributed by atoms with Gasteiger partial charge in [-0.15, -0.1) is 0 Å². The zero-order valence-corrected chi connectivity index (χ0v) is 13.9. The zero-order chi connectivity index (χ0) is 17.8. The van der Waals surface area contributed by atoms with Crippen LogP contribution in [-0.2, 0) is 24.2 Å². The Hall–Kier alpha value is -3.02. The molecule has 1 aliphatic rings. The van der Waals surface area contributed by atoms with Crippen LogP contribution >= 0.6 is 0 Å². The number of methoxy groups -OCH3 is 1. The van der Waals surface area contributed by atoms with Crippen LogP contribution < -0.4 is 14.8 Å². The van der Waals surface area contributed by atoms with E-state index < -0.39 is 5.97 Å². The van der Waals surface area contributed by atoms with Gasteiger partial charge in [0.1, 0.15) is 17.1 Å². The molecule has 0 aromatic heterocycles. The Morgan fingerprint density at radius 1 is 1.20 bits per heavy atom. The fraction of sp³-hybridized carbons (Fsp3) is 0.263. The second-order valence-corrected chi connectivity index (χ2v) is 5.83. The third-order valence-corrected chi connectivity index (χ3v) is 4.10. The number of fused-ring (bicyclic) bond motifs is 1. The molecule has 0 spiro atoms. The monoisotopic (exact) mass is 341 g/mol. The van der Waals surface area contributed by atoms with E-state index in [1.54, 1.807) is 12.1 Å². The molecular weight excluding hydrogens is 322 g/mol. The predicted molar refractivity (Wildman–Crippen MR) is 91.1 cm³/mol. The highest BCUT2D eigenvalue weighted by Gasteiger charge is 2.14. The molecule has 0 unspecified atom stereocenters. The molecule has 6 nitrogen and oxygen atoms in total. The van der Waals surface area contributed by atoms with Crippen molar-refractivity contribution in [3.63, 3.8) is 0 Å². The van der Waals surface area contributed by atoms with Crippen molar-refractivity contribution in [1.82, 2.24) is 5.32 Å². The van der Waals surface area contributed by atoms with Gasteiger partial charge in [-0.25, -0.2) is 4.79 Å². The molecule has 0 saturated heterocycles. The molecule has 0 radical (unpaired) electrons. The van der Waals surface area contributed by atoms with E-state index in [9.17, 15) is 14.7 Å². The van der Waals surface area contributed by atoms with Gasteiger partial charge in [0.2, 0.25) is 5.91 Å². The number of carbonyl (C=O) groups is 2. The van der Waals surface area contributed by atoms with E-state index in [-0.39, 0.29) is 24.4 Å². The van der Waals surface area contributed by atoms with Crippen LogP contribution in [0.25, 0.3) is 0 Å². The van der Waals surface area contributed by atoms with Crippen molar-refractivity contribution >= 4 is 11.9 Å². The van der Waals surface area contributed by atoms with E-state index in [4.69, 9.17) is 9.47 Å². The molecule has 1 aliphatic heterocycles. The molecule has 130 valence electrons. The number of carboxylic acids is 1. The third kappa shape index (κ3) is 3.91. The molecule has 0 aliphatic carbocycles. The Morgan fingerprint density at radius 2 is 2.00 bits per heavy atom. The summed E-state index contributed by atoms with van der Waals surface area (Å²) in [5.74, 6) is 0.00322. The lowest BCUT2D eigenvalue weighted by atomic mass is 10.1. The minimum Gasteiger partial charge on any atom is -0.496 e. The van der Waals surface area contributed by atoms with Crippen LogP contribution in [0.15, 0.2) is 36.4 Å². The minimum absolute atomic E-state index is 0.0767.